The van der Waals surface area contributed by atoms with Crippen LogP contribution in [-0.2, 0) is 0 Å². The Morgan fingerprint density at radius 3 is 2.90 bits per heavy atom. The van der Waals surface area contributed by atoms with Gasteiger partial charge in [0.2, 0.25) is 11.5 Å². The average molecular weight is 305 g/mol. The number of nitrogens with two attached hydrogens (primary N) is 1. The lowest BCUT2D eigenvalue weighted by molar-refractivity contribution is 0.101. The summed E-state index contributed by atoms with van der Waals surface area (Å²) in [7, 11) is 0. The van der Waals surface area contributed by atoms with Gasteiger partial charge in [0.15, 0.2) is 0 Å². The van der Waals surface area contributed by atoms with Crippen molar-refractivity contribution in [2.75, 3.05) is 11.1 Å². The highest BCUT2D eigenvalue weighted by Gasteiger charge is 2.18. The molecule has 1 amide bonds. The van der Waals surface area contributed by atoms with Gasteiger partial charge in [-0.15, -0.1) is 0 Å². The smallest absolute Gasteiger partial charge is 0.281 e. The summed E-state index contributed by atoms with van der Waals surface area (Å²) >= 11 is 6.19. The highest BCUT2D eigenvalue weighted by atomic mass is 35.5. The fourth-order valence-corrected chi connectivity index (χ4v) is 2.08. The summed E-state index contributed by atoms with van der Waals surface area (Å²) in [6.45, 7) is 0. The number of imidazole rings is 1. The van der Waals surface area contributed by atoms with Gasteiger partial charge in [-0.25, -0.2) is 9.61 Å². The van der Waals surface area contributed by atoms with Crippen LogP contribution in [0.15, 0.2) is 41.5 Å². The normalized spacial score (nSPS) is 10.5. The second-order valence-corrected chi connectivity index (χ2v) is 4.47. The number of para-hydroxylation sites is 1. The highest BCUT2D eigenvalue weighted by Crippen LogP contribution is 2.28. The first kappa shape index (κ1) is 13.1. The minimum atomic E-state index is -0.544. The third kappa shape index (κ3) is 2.43. The first-order chi connectivity index (χ1) is 10.2. The third-order valence-electron chi connectivity index (χ3n) is 2.73. The van der Waals surface area contributed by atoms with E-state index in [0.717, 1.165) is 0 Å². The molecular weight excluding hydrogens is 296 g/mol. The van der Waals surface area contributed by atoms with Gasteiger partial charge in [-0.05, 0) is 22.4 Å². The molecule has 21 heavy (non-hydrogen) atoms. The van der Waals surface area contributed by atoms with Crippen LogP contribution in [0.2, 0.25) is 5.02 Å². The van der Waals surface area contributed by atoms with Crippen molar-refractivity contribution < 1.29 is 9.42 Å². The molecule has 0 radical (unpaired) electrons. The van der Waals surface area contributed by atoms with Crippen LogP contribution in [0.1, 0.15) is 10.5 Å². The van der Waals surface area contributed by atoms with Crippen LogP contribution in [0.3, 0.4) is 0 Å². The van der Waals surface area contributed by atoms with Crippen LogP contribution in [-0.4, -0.2) is 25.8 Å². The van der Waals surface area contributed by atoms with E-state index < -0.39 is 5.91 Å². The molecule has 0 unspecified atom stereocenters. The van der Waals surface area contributed by atoms with E-state index in [2.05, 4.69) is 25.2 Å². The van der Waals surface area contributed by atoms with Gasteiger partial charge in [0.05, 0.1) is 22.7 Å². The van der Waals surface area contributed by atoms with Crippen LogP contribution in [0.5, 0.6) is 0 Å². The molecule has 3 N–H and O–H groups in total. The van der Waals surface area contributed by atoms with Crippen molar-refractivity contribution in [3.05, 3.63) is 47.6 Å². The number of amides is 1. The molecule has 2 heterocycles. The van der Waals surface area contributed by atoms with E-state index >= 15 is 0 Å². The Hall–Kier alpha value is -2.87. The van der Waals surface area contributed by atoms with Gasteiger partial charge in [0.25, 0.3) is 5.91 Å². The second-order valence-electron chi connectivity index (χ2n) is 4.06. The Bertz CT molecular complexity index is 783. The fraction of sp³-hybridized carbons (Fsp3) is 0. The van der Waals surface area contributed by atoms with Gasteiger partial charge in [0.1, 0.15) is 0 Å². The maximum atomic E-state index is 12.1. The molecule has 0 bridgehead atoms. The molecule has 0 aliphatic rings. The summed E-state index contributed by atoms with van der Waals surface area (Å²) in [5.41, 5.74) is 6.46. The number of benzene rings is 1. The number of hydrogen-bond acceptors (Lipinski definition) is 6. The Balaban J connectivity index is 1.98. The number of carbonyl (C=O) groups is 1. The Kier molecular flexibility index (Phi) is 3.28. The minimum Gasteiger partial charge on any atom is -0.379 e. The summed E-state index contributed by atoms with van der Waals surface area (Å²) in [6.07, 6.45) is 4.89. The molecule has 0 saturated carbocycles. The van der Waals surface area contributed by atoms with E-state index in [9.17, 15) is 4.79 Å². The van der Waals surface area contributed by atoms with Crippen LogP contribution in [0.4, 0.5) is 11.5 Å². The number of rotatable bonds is 3. The maximum Gasteiger partial charge on any atom is 0.281 e. The quantitative estimate of drug-likeness (QED) is 0.762. The number of nitrogens with one attached hydrogen (secondary N) is 1. The summed E-state index contributed by atoms with van der Waals surface area (Å²) in [5, 5.41) is 9.93. The summed E-state index contributed by atoms with van der Waals surface area (Å²) in [4.78, 5) is 16.1. The molecule has 3 aromatic rings. The Labute approximate surface area is 123 Å². The molecule has 0 aliphatic heterocycles. The standard InChI is InChI=1S/C12H9ClN6O2/c13-7-2-1-3-8(10(7)19-5-4-15-6-19)16-12(20)9-11(14)18-21-17-9/h1-6H,(H2,14,18)(H,16,20). The van der Waals surface area contributed by atoms with Crippen molar-refractivity contribution in [1.82, 2.24) is 19.9 Å². The number of halogens is 1. The zero-order chi connectivity index (χ0) is 14.8. The molecule has 0 spiro atoms. The largest absolute Gasteiger partial charge is 0.379 e. The molecule has 8 nitrogen and oxygen atoms in total. The van der Waals surface area contributed by atoms with Crippen LogP contribution < -0.4 is 11.1 Å². The first-order valence-corrected chi connectivity index (χ1v) is 6.21. The zero-order valence-electron chi connectivity index (χ0n) is 10.5. The van der Waals surface area contributed by atoms with Gasteiger partial charge in [-0.2, -0.15) is 0 Å². The van der Waals surface area contributed by atoms with Crippen LogP contribution in [0.25, 0.3) is 5.69 Å². The van der Waals surface area contributed by atoms with Gasteiger partial charge >= 0.3 is 0 Å². The van der Waals surface area contributed by atoms with Crippen LogP contribution >= 0.6 is 11.6 Å². The van der Waals surface area contributed by atoms with Crippen LogP contribution in [0, 0.1) is 0 Å². The van der Waals surface area contributed by atoms with Gasteiger partial charge in [-0.3, -0.25) is 4.79 Å². The predicted molar refractivity (Wildman–Crippen MR) is 75.2 cm³/mol. The van der Waals surface area contributed by atoms with E-state index in [1.54, 1.807) is 41.5 Å². The molecule has 0 atom stereocenters. The molecule has 9 heteroatoms. The van der Waals surface area contributed by atoms with Crippen molar-refractivity contribution in [2.45, 2.75) is 0 Å². The van der Waals surface area contributed by atoms with Gasteiger partial charge in [-0.1, -0.05) is 17.7 Å². The molecule has 1 aromatic carbocycles. The molecule has 0 fully saturated rings. The molecule has 2 aromatic heterocycles. The molecular formula is C12H9ClN6O2. The number of nitrogen functional groups attached to an aromatic ring is 1. The number of hydrogen-bond donors (Lipinski definition) is 2. The predicted octanol–water partition coefficient (Wildman–Crippen LogP) is 1.74. The molecule has 0 saturated heterocycles. The van der Waals surface area contributed by atoms with E-state index in [4.69, 9.17) is 17.3 Å². The van der Waals surface area contributed by atoms with Crippen molar-refractivity contribution in [1.29, 1.82) is 0 Å². The molecule has 106 valence electrons. The van der Waals surface area contributed by atoms with Crippen molar-refractivity contribution >= 4 is 29.0 Å². The summed E-state index contributed by atoms with van der Waals surface area (Å²) < 4.78 is 6.09. The van der Waals surface area contributed by atoms with Gasteiger partial charge in [0, 0.05) is 12.4 Å². The first-order valence-electron chi connectivity index (χ1n) is 5.83. The summed E-state index contributed by atoms with van der Waals surface area (Å²) in [5.74, 6) is -0.629. The third-order valence-corrected chi connectivity index (χ3v) is 3.03. The maximum absolute atomic E-state index is 12.1. The molecule has 0 aliphatic carbocycles. The zero-order valence-corrected chi connectivity index (χ0v) is 11.3. The Morgan fingerprint density at radius 2 is 2.24 bits per heavy atom. The summed E-state index contributed by atoms with van der Waals surface area (Å²) in [6, 6.07) is 5.12. The molecule has 3 rings (SSSR count). The van der Waals surface area contributed by atoms with Gasteiger partial charge < -0.3 is 15.6 Å². The van der Waals surface area contributed by atoms with Crippen molar-refractivity contribution in [3.8, 4) is 5.69 Å². The monoisotopic (exact) mass is 304 g/mol. The lowest BCUT2D eigenvalue weighted by Crippen LogP contribution is -2.15. The number of anilines is 2. The highest BCUT2D eigenvalue weighted by molar-refractivity contribution is 6.33. The van der Waals surface area contributed by atoms with E-state index in [1.807, 2.05) is 0 Å². The topological polar surface area (TPSA) is 112 Å². The van der Waals surface area contributed by atoms with E-state index in [0.29, 0.717) is 16.4 Å². The number of nitrogens with zero attached hydrogens (tertiary/aromatic N) is 4. The number of carbonyl (C=O) groups excluding carboxylic acids is 1. The SMILES string of the molecule is Nc1nonc1C(=O)Nc1cccc(Cl)c1-n1ccnc1. The van der Waals surface area contributed by atoms with E-state index in [-0.39, 0.29) is 11.5 Å². The van der Waals surface area contributed by atoms with Crippen molar-refractivity contribution in [3.63, 3.8) is 0 Å². The van der Waals surface area contributed by atoms with E-state index in [1.165, 1.54) is 0 Å². The lowest BCUT2D eigenvalue weighted by atomic mass is 10.2. The average Bonchev–Trinajstić information content (AvgIpc) is 3.10. The lowest BCUT2D eigenvalue weighted by Gasteiger charge is -2.12. The Morgan fingerprint density at radius 1 is 1.38 bits per heavy atom. The van der Waals surface area contributed by atoms with Crippen molar-refractivity contribution in [2.24, 2.45) is 0 Å². The second kappa shape index (κ2) is 5.25. The fourth-order valence-electron chi connectivity index (χ4n) is 1.80. The minimum absolute atomic E-state index is 0.0845. The number of aromatic nitrogens is 4.